The van der Waals surface area contributed by atoms with Crippen LogP contribution < -0.4 is 14.8 Å². The van der Waals surface area contributed by atoms with Crippen LogP contribution in [0.15, 0.2) is 35.7 Å². The van der Waals surface area contributed by atoms with E-state index < -0.39 is 6.04 Å². The summed E-state index contributed by atoms with van der Waals surface area (Å²) >= 11 is 1.47. The van der Waals surface area contributed by atoms with Gasteiger partial charge in [-0.25, -0.2) is 0 Å². The lowest BCUT2D eigenvalue weighted by atomic mass is 10.1. The summed E-state index contributed by atoms with van der Waals surface area (Å²) in [5.74, 6) is 0.368. The van der Waals surface area contributed by atoms with Crippen LogP contribution >= 0.6 is 11.3 Å². The van der Waals surface area contributed by atoms with Crippen LogP contribution in [0, 0.1) is 0 Å². The Morgan fingerprint density at radius 2 is 2.00 bits per heavy atom. The van der Waals surface area contributed by atoms with Crippen molar-refractivity contribution < 1.29 is 23.8 Å². The second-order valence-corrected chi connectivity index (χ2v) is 6.10. The molecule has 0 aliphatic heterocycles. The molecule has 0 fully saturated rings. The predicted octanol–water partition coefficient (Wildman–Crippen LogP) is 3.19. The van der Waals surface area contributed by atoms with Gasteiger partial charge < -0.3 is 19.5 Å². The Hall–Kier alpha value is -2.54. The third kappa shape index (κ3) is 4.96. The summed E-state index contributed by atoms with van der Waals surface area (Å²) in [4.78, 5) is 25.1. The van der Waals surface area contributed by atoms with Crippen LogP contribution in [0.1, 0.15) is 34.6 Å². The zero-order valence-corrected chi connectivity index (χ0v) is 15.2. The minimum absolute atomic E-state index is 0.0664. The Labute approximate surface area is 150 Å². The van der Waals surface area contributed by atoms with Crippen LogP contribution in [-0.4, -0.2) is 32.7 Å². The first-order valence-corrected chi connectivity index (χ1v) is 8.68. The molecule has 1 unspecified atom stereocenters. The standard InChI is InChI=1S/C18H21NO5S/c1-4-24-14-8-7-12(10-15(14)22-2)18(21)19-13(11-17(20)23-3)16-6-5-9-25-16/h5-10,13H,4,11H2,1-3H3,(H,19,21). The largest absolute Gasteiger partial charge is 0.493 e. The van der Waals surface area contributed by atoms with Gasteiger partial charge in [-0.3, -0.25) is 9.59 Å². The minimum atomic E-state index is -0.447. The highest BCUT2D eigenvalue weighted by Crippen LogP contribution is 2.29. The van der Waals surface area contributed by atoms with Gasteiger partial charge in [-0.05, 0) is 36.6 Å². The maximum absolute atomic E-state index is 12.6. The molecule has 0 spiro atoms. The first kappa shape index (κ1) is 18.8. The third-order valence-corrected chi connectivity index (χ3v) is 4.50. The van der Waals surface area contributed by atoms with E-state index in [1.807, 2.05) is 24.4 Å². The van der Waals surface area contributed by atoms with E-state index in [1.54, 1.807) is 18.2 Å². The van der Waals surface area contributed by atoms with Crippen LogP contribution in [-0.2, 0) is 9.53 Å². The number of esters is 1. The van der Waals surface area contributed by atoms with Gasteiger partial charge in [-0.1, -0.05) is 6.07 Å². The van der Waals surface area contributed by atoms with E-state index in [0.29, 0.717) is 23.7 Å². The SMILES string of the molecule is CCOc1ccc(C(=O)NC(CC(=O)OC)c2cccs2)cc1OC. The number of carbonyl (C=O) groups is 2. The summed E-state index contributed by atoms with van der Waals surface area (Å²) in [6.45, 7) is 2.37. The molecule has 0 aliphatic rings. The summed E-state index contributed by atoms with van der Waals surface area (Å²) in [5.41, 5.74) is 0.423. The summed E-state index contributed by atoms with van der Waals surface area (Å²) in [5, 5.41) is 4.77. The van der Waals surface area contributed by atoms with E-state index >= 15 is 0 Å². The van der Waals surface area contributed by atoms with Crippen LogP contribution in [0.2, 0.25) is 0 Å². The highest BCUT2D eigenvalue weighted by molar-refractivity contribution is 7.10. The Morgan fingerprint density at radius 1 is 1.20 bits per heavy atom. The number of nitrogens with one attached hydrogen (secondary N) is 1. The van der Waals surface area contributed by atoms with Gasteiger partial charge >= 0.3 is 5.97 Å². The lowest BCUT2D eigenvalue weighted by molar-refractivity contribution is -0.141. The van der Waals surface area contributed by atoms with Gasteiger partial charge in [-0.15, -0.1) is 11.3 Å². The van der Waals surface area contributed by atoms with Crippen molar-refractivity contribution in [2.45, 2.75) is 19.4 Å². The zero-order chi connectivity index (χ0) is 18.2. The molecule has 0 aliphatic carbocycles. The molecule has 7 heteroatoms. The molecule has 1 heterocycles. The summed E-state index contributed by atoms with van der Waals surface area (Å²) < 4.78 is 15.4. The van der Waals surface area contributed by atoms with Crippen molar-refractivity contribution in [2.75, 3.05) is 20.8 Å². The average Bonchev–Trinajstić information content (AvgIpc) is 3.16. The summed E-state index contributed by atoms with van der Waals surface area (Å²) in [6, 6.07) is 8.26. The van der Waals surface area contributed by atoms with Crippen molar-refractivity contribution in [3.05, 3.63) is 46.2 Å². The molecule has 0 bridgehead atoms. The first-order chi connectivity index (χ1) is 12.1. The molecule has 2 rings (SSSR count). The molecule has 0 radical (unpaired) electrons. The van der Waals surface area contributed by atoms with E-state index in [0.717, 1.165) is 4.88 Å². The topological polar surface area (TPSA) is 73.9 Å². The van der Waals surface area contributed by atoms with Gasteiger partial charge in [0.2, 0.25) is 0 Å². The fourth-order valence-electron chi connectivity index (χ4n) is 2.29. The number of hydrogen-bond donors (Lipinski definition) is 1. The van der Waals surface area contributed by atoms with Gasteiger partial charge in [0.25, 0.3) is 5.91 Å². The van der Waals surface area contributed by atoms with Crippen LogP contribution in [0.3, 0.4) is 0 Å². The number of methoxy groups -OCH3 is 2. The lowest BCUT2D eigenvalue weighted by Crippen LogP contribution is -2.30. The molecule has 0 saturated carbocycles. The first-order valence-electron chi connectivity index (χ1n) is 7.81. The maximum Gasteiger partial charge on any atom is 0.307 e. The molecule has 1 N–H and O–H groups in total. The van der Waals surface area contributed by atoms with Crippen molar-refractivity contribution in [2.24, 2.45) is 0 Å². The Balaban J connectivity index is 2.18. The van der Waals surface area contributed by atoms with Crippen molar-refractivity contribution >= 4 is 23.2 Å². The van der Waals surface area contributed by atoms with E-state index in [-0.39, 0.29) is 18.3 Å². The molecule has 6 nitrogen and oxygen atoms in total. The smallest absolute Gasteiger partial charge is 0.307 e. The van der Waals surface area contributed by atoms with Crippen LogP contribution in [0.25, 0.3) is 0 Å². The quantitative estimate of drug-likeness (QED) is 0.729. The highest BCUT2D eigenvalue weighted by atomic mass is 32.1. The van der Waals surface area contributed by atoms with E-state index in [2.05, 4.69) is 5.32 Å². The molecular weight excluding hydrogens is 342 g/mol. The fourth-order valence-corrected chi connectivity index (χ4v) is 3.07. The number of amides is 1. The molecule has 1 aromatic heterocycles. The average molecular weight is 363 g/mol. The van der Waals surface area contributed by atoms with Gasteiger partial charge in [0.15, 0.2) is 11.5 Å². The van der Waals surface area contributed by atoms with Gasteiger partial charge in [0.1, 0.15) is 0 Å². The number of thiophene rings is 1. The fraction of sp³-hybridized carbons (Fsp3) is 0.333. The third-order valence-electron chi connectivity index (χ3n) is 3.52. The van der Waals surface area contributed by atoms with E-state index in [1.165, 1.54) is 25.6 Å². The van der Waals surface area contributed by atoms with Gasteiger partial charge in [0.05, 0.1) is 33.3 Å². The van der Waals surface area contributed by atoms with Crippen LogP contribution in [0.4, 0.5) is 0 Å². The molecule has 1 aromatic carbocycles. The Kier molecular flexibility index (Phi) is 6.82. The van der Waals surface area contributed by atoms with Gasteiger partial charge in [-0.2, -0.15) is 0 Å². The number of benzene rings is 1. The second-order valence-electron chi connectivity index (χ2n) is 5.12. The Morgan fingerprint density at radius 3 is 2.60 bits per heavy atom. The summed E-state index contributed by atoms with van der Waals surface area (Å²) in [7, 11) is 2.85. The van der Waals surface area contributed by atoms with E-state index in [4.69, 9.17) is 14.2 Å². The number of carbonyl (C=O) groups excluding carboxylic acids is 2. The Bertz CT molecular complexity index is 714. The highest BCUT2D eigenvalue weighted by Gasteiger charge is 2.21. The number of rotatable bonds is 8. The summed E-state index contributed by atoms with van der Waals surface area (Å²) in [6.07, 6.45) is 0.0664. The monoisotopic (exact) mass is 363 g/mol. The van der Waals surface area contributed by atoms with E-state index in [9.17, 15) is 9.59 Å². The number of hydrogen-bond acceptors (Lipinski definition) is 6. The van der Waals surface area contributed by atoms with Crippen LogP contribution in [0.5, 0.6) is 11.5 Å². The van der Waals surface area contributed by atoms with Crippen molar-refractivity contribution in [1.29, 1.82) is 0 Å². The minimum Gasteiger partial charge on any atom is -0.493 e. The lowest BCUT2D eigenvalue weighted by Gasteiger charge is -2.17. The van der Waals surface area contributed by atoms with Crippen molar-refractivity contribution in [3.63, 3.8) is 0 Å². The normalized spacial score (nSPS) is 11.5. The maximum atomic E-state index is 12.6. The zero-order valence-electron chi connectivity index (χ0n) is 14.4. The molecule has 2 aromatic rings. The second kappa shape index (κ2) is 9.08. The van der Waals surface area contributed by atoms with Gasteiger partial charge in [0, 0.05) is 10.4 Å². The molecule has 1 amide bonds. The molecular formula is C18H21NO5S. The molecule has 134 valence electrons. The molecule has 1 atom stereocenters. The number of ether oxygens (including phenoxy) is 3. The van der Waals surface area contributed by atoms with Crippen molar-refractivity contribution in [3.8, 4) is 11.5 Å². The van der Waals surface area contributed by atoms with Crippen molar-refractivity contribution in [1.82, 2.24) is 5.32 Å². The molecule has 25 heavy (non-hydrogen) atoms. The molecule has 0 saturated heterocycles. The predicted molar refractivity (Wildman–Crippen MR) is 95.3 cm³/mol.